The van der Waals surface area contributed by atoms with Crippen LogP contribution in [-0.2, 0) is 10.0 Å². The van der Waals surface area contributed by atoms with Crippen LogP contribution in [0.15, 0.2) is 51.8 Å². The number of nitrogens with zero attached hydrogens (tertiary/aromatic N) is 2. The van der Waals surface area contributed by atoms with E-state index in [1.807, 2.05) is 12.1 Å². The third-order valence-corrected chi connectivity index (χ3v) is 4.56. The summed E-state index contributed by atoms with van der Waals surface area (Å²) in [6.07, 6.45) is 0. The molecular weight excluding hydrogens is 354 g/mol. The highest BCUT2D eigenvalue weighted by molar-refractivity contribution is 9.10. The van der Waals surface area contributed by atoms with Gasteiger partial charge in [0, 0.05) is 4.47 Å². The molecule has 21 heavy (non-hydrogen) atoms. The van der Waals surface area contributed by atoms with Crippen molar-refractivity contribution < 1.29 is 8.42 Å². The second-order valence-electron chi connectivity index (χ2n) is 4.02. The van der Waals surface area contributed by atoms with Crippen LogP contribution in [0.3, 0.4) is 0 Å². The van der Waals surface area contributed by atoms with Crippen LogP contribution < -0.4 is 4.72 Å². The Morgan fingerprint density at radius 1 is 1.00 bits per heavy atom. The van der Waals surface area contributed by atoms with Crippen molar-refractivity contribution in [3.63, 3.8) is 0 Å². The Balaban J connectivity index is 2.49. The minimum Gasteiger partial charge on any atom is -0.278 e. The largest absolute Gasteiger partial charge is 0.278 e. The fraction of sp³-hybridized carbons (Fsp3) is 0. The standard InChI is InChI=1S/C14H8BrN3O2S/c15-12-5-6-13(11(7-12)9-17)18-21(19,20)14-4-2-1-3-10(14)8-16/h1-7,18H. The van der Waals surface area contributed by atoms with Gasteiger partial charge in [-0.05, 0) is 30.3 Å². The smallest absolute Gasteiger partial charge is 0.263 e. The number of halogens is 1. The molecule has 0 bridgehead atoms. The van der Waals surface area contributed by atoms with Crippen LogP contribution in [0.4, 0.5) is 5.69 Å². The topological polar surface area (TPSA) is 93.8 Å². The average molecular weight is 362 g/mol. The second kappa shape index (κ2) is 5.96. The van der Waals surface area contributed by atoms with E-state index in [1.165, 1.54) is 30.3 Å². The number of anilines is 1. The van der Waals surface area contributed by atoms with Crippen molar-refractivity contribution in [2.24, 2.45) is 0 Å². The monoisotopic (exact) mass is 361 g/mol. The molecule has 2 rings (SSSR count). The zero-order valence-corrected chi connectivity index (χ0v) is 12.9. The maximum absolute atomic E-state index is 12.4. The Morgan fingerprint density at radius 2 is 1.67 bits per heavy atom. The van der Waals surface area contributed by atoms with Gasteiger partial charge < -0.3 is 0 Å². The molecule has 0 saturated heterocycles. The van der Waals surface area contributed by atoms with Gasteiger partial charge in [0.25, 0.3) is 10.0 Å². The molecule has 7 heteroatoms. The highest BCUT2D eigenvalue weighted by Crippen LogP contribution is 2.24. The van der Waals surface area contributed by atoms with E-state index >= 15 is 0 Å². The van der Waals surface area contributed by atoms with E-state index in [-0.39, 0.29) is 21.7 Å². The molecule has 0 aliphatic heterocycles. The molecule has 0 aromatic heterocycles. The van der Waals surface area contributed by atoms with Crippen molar-refractivity contribution in [2.75, 3.05) is 4.72 Å². The summed E-state index contributed by atoms with van der Waals surface area (Å²) in [6, 6.07) is 14.2. The molecule has 2 aromatic rings. The van der Waals surface area contributed by atoms with Crippen molar-refractivity contribution in [1.29, 1.82) is 10.5 Å². The van der Waals surface area contributed by atoms with Crippen LogP contribution in [0.25, 0.3) is 0 Å². The third-order valence-electron chi connectivity index (χ3n) is 2.64. The van der Waals surface area contributed by atoms with Gasteiger partial charge in [-0.25, -0.2) is 8.42 Å². The molecule has 0 aliphatic carbocycles. The third kappa shape index (κ3) is 3.22. The first-order valence-electron chi connectivity index (χ1n) is 5.69. The lowest BCUT2D eigenvalue weighted by atomic mass is 10.2. The quantitative estimate of drug-likeness (QED) is 0.908. The predicted octanol–water partition coefficient (Wildman–Crippen LogP) is 2.99. The van der Waals surface area contributed by atoms with Crippen LogP contribution in [0.2, 0.25) is 0 Å². The van der Waals surface area contributed by atoms with Gasteiger partial charge in [-0.15, -0.1) is 0 Å². The SMILES string of the molecule is N#Cc1cc(Br)ccc1NS(=O)(=O)c1ccccc1C#N. The van der Waals surface area contributed by atoms with Gasteiger partial charge in [0.1, 0.15) is 17.0 Å². The highest BCUT2D eigenvalue weighted by Gasteiger charge is 2.19. The molecule has 0 radical (unpaired) electrons. The highest BCUT2D eigenvalue weighted by atomic mass is 79.9. The summed E-state index contributed by atoms with van der Waals surface area (Å²) in [6.45, 7) is 0. The Kier molecular flexibility index (Phi) is 4.27. The summed E-state index contributed by atoms with van der Waals surface area (Å²) in [7, 11) is -3.94. The number of benzene rings is 2. The molecule has 104 valence electrons. The number of hydrogen-bond acceptors (Lipinski definition) is 4. The summed E-state index contributed by atoms with van der Waals surface area (Å²) >= 11 is 3.21. The summed E-state index contributed by atoms with van der Waals surface area (Å²) in [5.74, 6) is 0. The zero-order chi connectivity index (χ0) is 15.5. The molecule has 0 heterocycles. The number of sulfonamides is 1. The van der Waals surface area contributed by atoms with Crippen LogP contribution in [-0.4, -0.2) is 8.42 Å². The molecule has 2 aromatic carbocycles. The predicted molar refractivity (Wildman–Crippen MR) is 80.8 cm³/mol. The molecule has 0 spiro atoms. The van der Waals surface area contributed by atoms with Gasteiger partial charge in [-0.3, -0.25) is 4.72 Å². The van der Waals surface area contributed by atoms with Gasteiger partial charge in [-0.1, -0.05) is 28.1 Å². The number of nitrogens with one attached hydrogen (secondary N) is 1. The fourth-order valence-electron chi connectivity index (χ4n) is 1.69. The average Bonchev–Trinajstić information content (AvgIpc) is 2.48. The number of rotatable bonds is 3. The van der Waals surface area contributed by atoms with Crippen molar-refractivity contribution in [3.05, 3.63) is 58.1 Å². The molecule has 0 aliphatic rings. The van der Waals surface area contributed by atoms with E-state index in [9.17, 15) is 8.42 Å². The molecule has 0 amide bonds. The Bertz CT molecular complexity index is 880. The molecule has 0 unspecified atom stereocenters. The lowest BCUT2D eigenvalue weighted by molar-refractivity contribution is 0.601. The maximum Gasteiger partial charge on any atom is 0.263 e. The second-order valence-corrected chi connectivity index (χ2v) is 6.58. The van der Waals surface area contributed by atoms with Crippen molar-refractivity contribution in [1.82, 2.24) is 0 Å². The molecule has 0 fully saturated rings. The van der Waals surface area contributed by atoms with Crippen molar-refractivity contribution in [3.8, 4) is 12.1 Å². The van der Waals surface area contributed by atoms with E-state index in [0.717, 1.165) is 0 Å². The first-order chi connectivity index (χ1) is 9.97. The maximum atomic E-state index is 12.4. The first-order valence-corrected chi connectivity index (χ1v) is 7.97. The minimum absolute atomic E-state index is 0.0422. The van der Waals surface area contributed by atoms with Crippen LogP contribution >= 0.6 is 15.9 Å². The Labute approximate surface area is 130 Å². The van der Waals surface area contributed by atoms with E-state index in [2.05, 4.69) is 20.7 Å². The van der Waals surface area contributed by atoms with E-state index in [1.54, 1.807) is 12.1 Å². The lowest BCUT2D eigenvalue weighted by Gasteiger charge is -2.10. The summed E-state index contributed by atoms with van der Waals surface area (Å²) < 4.78 is 27.7. The van der Waals surface area contributed by atoms with Crippen LogP contribution in [0.5, 0.6) is 0 Å². The van der Waals surface area contributed by atoms with E-state index < -0.39 is 10.0 Å². The molecule has 5 nitrogen and oxygen atoms in total. The van der Waals surface area contributed by atoms with Gasteiger partial charge in [0.15, 0.2) is 0 Å². The van der Waals surface area contributed by atoms with E-state index in [4.69, 9.17) is 10.5 Å². The first kappa shape index (κ1) is 15.0. The number of nitriles is 2. The summed E-state index contributed by atoms with van der Waals surface area (Å²) in [5, 5.41) is 18.0. The Hall–Kier alpha value is -2.35. The van der Waals surface area contributed by atoms with Gasteiger partial charge in [0.2, 0.25) is 0 Å². The zero-order valence-electron chi connectivity index (χ0n) is 10.5. The molecule has 1 N–H and O–H groups in total. The van der Waals surface area contributed by atoms with Crippen molar-refractivity contribution in [2.45, 2.75) is 4.90 Å². The van der Waals surface area contributed by atoms with Crippen LogP contribution in [0.1, 0.15) is 11.1 Å². The number of hydrogen-bond donors (Lipinski definition) is 1. The van der Waals surface area contributed by atoms with Gasteiger partial charge in [-0.2, -0.15) is 10.5 Å². The van der Waals surface area contributed by atoms with Gasteiger partial charge in [0.05, 0.1) is 16.8 Å². The fourth-order valence-corrected chi connectivity index (χ4v) is 3.29. The normalized spacial score (nSPS) is 10.4. The van der Waals surface area contributed by atoms with E-state index in [0.29, 0.717) is 4.47 Å². The molecular formula is C14H8BrN3O2S. The van der Waals surface area contributed by atoms with Crippen LogP contribution in [0, 0.1) is 22.7 Å². The molecule has 0 atom stereocenters. The minimum atomic E-state index is -3.94. The summed E-state index contributed by atoms with van der Waals surface area (Å²) in [4.78, 5) is -0.126. The van der Waals surface area contributed by atoms with Crippen molar-refractivity contribution >= 4 is 31.6 Å². The molecule has 0 saturated carbocycles. The summed E-state index contributed by atoms with van der Waals surface area (Å²) in [5.41, 5.74) is 0.386. The Morgan fingerprint density at radius 3 is 2.33 bits per heavy atom. The van der Waals surface area contributed by atoms with Gasteiger partial charge >= 0.3 is 0 Å². The lowest BCUT2D eigenvalue weighted by Crippen LogP contribution is -2.15.